The molecule has 0 unspecified atom stereocenters. The molecule has 0 heterocycles. The van der Waals surface area contributed by atoms with E-state index >= 15 is 0 Å². The molecule has 70 valence electrons. The van der Waals surface area contributed by atoms with E-state index in [2.05, 4.69) is 34.8 Å². The van der Waals surface area contributed by atoms with Crippen LogP contribution in [0.25, 0.3) is 0 Å². The third kappa shape index (κ3) is 48.2. The summed E-state index contributed by atoms with van der Waals surface area (Å²) in [4.78, 5) is 0. The van der Waals surface area contributed by atoms with Gasteiger partial charge in [-0.25, -0.2) is 0 Å². The Bertz CT molecular complexity index is 84.8. The molecule has 0 aliphatic heterocycles. The summed E-state index contributed by atoms with van der Waals surface area (Å²) in [6, 6.07) is 0. The summed E-state index contributed by atoms with van der Waals surface area (Å²) >= 11 is 33.6. The quantitative estimate of drug-likeness (QED) is 0.560. The minimum absolute atomic E-state index is 0.0394. The van der Waals surface area contributed by atoms with Crippen LogP contribution < -0.4 is 0 Å². The average Bonchev–Trinajstić information content (AvgIpc) is 1.59. The van der Waals surface area contributed by atoms with Crippen molar-refractivity contribution in [3.63, 3.8) is 0 Å². The zero-order valence-electron chi connectivity index (χ0n) is 4.73. The molecule has 0 radical (unpaired) electrons. The normalized spacial score (nSPS) is 12.0. The minimum Gasteiger partial charge on any atom is -0.189 e. The Labute approximate surface area is 98.8 Å². The highest BCUT2D eigenvalue weighted by molar-refractivity contribution is 6.69. The van der Waals surface area contributed by atoms with Crippen molar-refractivity contribution in [3.05, 3.63) is 0 Å². The summed E-state index contributed by atoms with van der Waals surface area (Å²) in [5.74, 6) is 0.0394. The lowest BCUT2D eigenvalue weighted by atomic mass is 10.9. The van der Waals surface area contributed by atoms with Gasteiger partial charge >= 0.3 is 4.05 Å². The summed E-state index contributed by atoms with van der Waals surface area (Å²) in [6.45, 7) is 0. The number of halogens is 8. The Balaban J connectivity index is 0. The zero-order chi connectivity index (χ0) is 9.71. The fourth-order valence-corrected chi connectivity index (χ4v) is 0. The molecular weight excluding hydrogens is 303 g/mol. The van der Waals surface area contributed by atoms with Crippen molar-refractivity contribution in [3.8, 4) is 0 Å². The monoisotopic (exact) mass is 302 g/mol. The summed E-state index contributed by atoms with van der Waals surface area (Å²) < 4.78 is 7.12. The van der Waals surface area contributed by atoms with Gasteiger partial charge < -0.3 is 0 Å². The highest BCUT2D eigenvalue weighted by Crippen LogP contribution is 2.26. The topological polar surface area (TPSA) is 0 Å². The van der Waals surface area contributed by atoms with Crippen LogP contribution in [-0.4, -0.2) is 13.7 Å². The maximum absolute atomic E-state index is 11.0. The largest absolute Gasteiger partial charge is 0.333 e. The second-order valence-electron chi connectivity index (χ2n) is 1.18. The van der Waals surface area contributed by atoms with Crippen LogP contribution in [0.5, 0.6) is 0 Å². The second-order valence-corrected chi connectivity index (χ2v) is 6.10. The van der Waals surface area contributed by atoms with Gasteiger partial charge in [0.05, 0.1) is 5.88 Å². The van der Waals surface area contributed by atoms with Crippen molar-refractivity contribution < 1.29 is 4.39 Å². The van der Waals surface area contributed by atoms with Crippen LogP contribution in [-0.2, 0) is 0 Å². The lowest BCUT2D eigenvalue weighted by molar-refractivity contribution is 0.507. The summed E-state index contributed by atoms with van der Waals surface area (Å²) in [5, 5.41) is 0. The molecule has 0 aromatic rings. The van der Waals surface area contributed by atoms with E-state index in [0.717, 1.165) is 0 Å². The van der Waals surface area contributed by atoms with E-state index in [4.69, 9.17) is 46.4 Å². The van der Waals surface area contributed by atoms with Crippen molar-refractivity contribution in [2.24, 2.45) is 0 Å². The molecule has 0 atom stereocenters. The van der Waals surface area contributed by atoms with Crippen LogP contribution in [0.3, 0.4) is 0 Å². The third-order valence-electron chi connectivity index (χ3n) is 0.152. The highest BCUT2D eigenvalue weighted by atomic mass is 35.6. The van der Waals surface area contributed by atoms with E-state index < -0.39 is 7.84 Å². The maximum Gasteiger partial charge on any atom is 0.333 e. The lowest BCUT2D eigenvalue weighted by Crippen LogP contribution is -2.01. The minimum atomic E-state index is -2.58. The Hall–Kier alpha value is 1.96. The van der Waals surface area contributed by atoms with Gasteiger partial charge in [0.25, 0.3) is 0 Å². The van der Waals surface area contributed by atoms with Crippen LogP contribution in [0.1, 0.15) is 0 Å². The van der Waals surface area contributed by atoms with E-state index in [1.807, 2.05) is 0 Å². The Morgan fingerprint density at radius 3 is 1.00 bits per heavy atom. The smallest absolute Gasteiger partial charge is 0.189 e. The van der Waals surface area contributed by atoms with Crippen LogP contribution in [0.4, 0.5) is 4.39 Å². The first-order chi connectivity index (χ1) is 4.56. The van der Waals surface area contributed by atoms with Crippen LogP contribution in [0.15, 0.2) is 0 Å². The molecule has 0 bridgehead atoms. The standard InChI is InChI=1S/C2H2Cl4.CCl3F/c3-1-2(4,5)6;2-1(3,4)5/h1H2;. The van der Waals surface area contributed by atoms with Crippen LogP contribution >= 0.6 is 81.2 Å². The fraction of sp³-hybridized carbons (Fsp3) is 1.00. The highest BCUT2D eigenvalue weighted by Gasteiger charge is 2.16. The Morgan fingerprint density at radius 1 is 0.909 bits per heavy atom. The summed E-state index contributed by atoms with van der Waals surface area (Å²) in [5.41, 5.74) is 0. The van der Waals surface area contributed by atoms with Crippen molar-refractivity contribution >= 4 is 81.2 Å². The van der Waals surface area contributed by atoms with Gasteiger partial charge in [-0.3, -0.25) is 0 Å². The predicted octanol–water partition coefficient (Wildman–Crippen LogP) is 4.88. The molecule has 0 aromatic carbocycles. The van der Waals surface area contributed by atoms with Gasteiger partial charge in [0.15, 0.2) is 0 Å². The molecule has 0 fully saturated rings. The predicted molar refractivity (Wildman–Crippen MR) is 52.4 cm³/mol. The number of hydrogen-bond donors (Lipinski definition) is 0. The molecule has 0 saturated carbocycles. The molecule has 0 amide bonds. The number of alkyl halides is 8. The molecule has 8 heteroatoms. The third-order valence-corrected chi connectivity index (χ3v) is 1.36. The van der Waals surface area contributed by atoms with Crippen molar-refractivity contribution in [1.29, 1.82) is 0 Å². The van der Waals surface area contributed by atoms with E-state index in [1.165, 1.54) is 0 Å². The maximum atomic E-state index is 11.0. The summed E-state index contributed by atoms with van der Waals surface area (Å²) in [7, 11) is 0. The van der Waals surface area contributed by atoms with Gasteiger partial charge in [-0.05, 0) is 34.8 Å². The lowest BCUT2D eigenvalue weighted by Gasteiger charge is -2.00. The van der Waals surface area contributed by atoms with Gasteiger partial charge in [0.1, 0.15) is 0 Å². The van der Waals surface area contributed by atoms with Gasteiger partial charge in [-0.2, -0.15) is 4.39 Å². The van der Waals surface area contributed by atoms with Crippen molar-refractivity contribution in [2.75, 3.05) is 5.88 Å². The first-order valence-electron chi connectivity index (χ1n) is 1.94. The molecule has 0 aromatic heterocycles. The van der Waals surface area contributed by atoms with Crippen LogP contribution in [0.2, 0.25) is 0 Å². The van der Waals surface area contributed by atoms with Gasteiger partial charge in [0.2, 0.25) is 3.79 Å². The first kappa shape index (κ1) is 15.4. The molecule has 0 aliphatic carbocycles. The van der Waals surface area contributed by atoms with Gasteiger partial charge in [-0.15, -0.1) is 11.6 Å². The van der Waals surface area contributed by atoms with E-state index in [9.17, 15) is 4.39 Å². The van der Waals surface area contributed by atoms with E-state index in [0.29, 0.717) is 0 Å². The molecule has 0 spiro atoms. The van der Waals surface area contributed by atoms with Crippen molar-refractivity contribution in [2.45, 2.75) is 7.84 Å². The molecule has 0 N–H and O–H groups in total. The average molecular weight is 305 g/mol. The second kappa shape index (κ2) is 6.42. The zero-order valence-corrected chi connectivity index (χ0v) is 10.0. The number of rotatable bonds is 0. The summed E-state index contributed by atoms with van der Waals surface area (Å²) in [6.07, 6.45) is 0. The first-order valence-corrected chi connectivity index (χ1v) is 4.75. The fourth-order valence-electron chi connectivity index (χ4n) is 0. The molecule has 0 nitrogen and oxygen atoms in total. The molecule has 0 rings (SSSR count). The SMILES string of the molecule is ClCC(Cl)(Cl)Cl.FC(Cl)(Cl)Cl. The molecule has 0 saturated heterocycles. The van der Waals surface area contributed by atoms with E-state index in [1.54, 1.807) is 0 Å². The van der Waals surface area contributed by atoms with E-state index in [-0.39, 0.29) is 5.88 Å². The van der Waals surface area contributed by atoms with Gasteiger partial charge in [-0.1, -0.05) is 34.8 Å². The Morgan fingerprint density at radius 2 is 1.00 bits per heavy atom. The van der Waals surface area contributed by atoms with Crippen molar-refractivity contribution in [1.82, 2.24) is 0 Å². The molecule has 11 heavy (non-hydrogen) atoms. The van der Waals surface area contributed by atoms with Gasteiger partial charge in [0, 0.05) is 0 Å². The molecule has 0 aliphatic rings. The Kier molecular flexibility index (Phi) is 9.01. The van der Waals surface area contributed by atoms with Crippen LogP contribution in [0, 0.1) is 0 Å². The molecular formula is C3H2Cl7F. The number of hydrogen-bond acceptors (Lipinski definition) is 0.